The smallest absolute Gasteiger partial charge is 0.232 e. The Labute approximate surface area is 141 Å². The van der Waals surface area contributed by atoms with Crippen molar-refractivity contribution in [2.24, 2.45) is 0 Å². The van der Waals surface area contributed by atoms with Crippen molar-refractivity contribution in [1.29, 1.82) is 0 Å². The second-order valence-electron chi connectivity index (χ2n) is 6.46. The highest BCUT2D eigenvalue weighted by Crippen LogP contribution is 2.26. The molecule has 3 rings (SSSR count). The number of rotatable bonds is 3. The maximum atomic E-state index is 13.1. The van der Waals surface area contributed by atoms with Gasteiger partial charge in [0.05, 0.1) is 5.41 Å². The molecule has 5 nitrogen and oxygen atoms in total. The Balaban J connectivity index is 1.67. The number of anilines is 1. The monoisotopic (exact) mass is 328 g/mol. The van der Waals surface area contributed by atoms with Crippen molar-refractivity contribution >= 4 is 11.9 Å². The highest BCUT2D eigenvalue weighted by molar-refractivity contribution is 5.87. The SMILES string of the molecule is CC(C)(C(=O)N1CCN(c2ncccn2)CC1)c1ccc(F)cc1. The van der Waals surface area contributed by atoms with Crippen LogP contribution in [0.25, 0.3) is 0 Å². The average Bonchev–Trinajstić information content (AvgIpc) is 2.62. The molecule has 0 radical (unpaired) electrons. The molecule has 0 spiro atoms. The molecule has 24 heavy (non-hydrogen) atoms. The van der Waals surface area contributed by atoms with Gasteiger partial charge >= 0.3 is 0 Å². The standard InChI is InChI=1S/C18H21FN4O/c1-18(2,14-4-6-15(19)7-5-14)16(24)22-10-12-23(13-11-22)17-20-8-3-9-21-17/h3-9H,10-13H2,1-2H3. The Hall–Kier alpha value is -2.50. The van der Waals surface area contributed by atoms with Crippen molar-refractivity contribution in [3.8, 4) is 0 Å². The number of benzene rings is 1. The average molecular weight is 328 g/mol. The van der Waals surface area contributed by atoms with E-state index >= 15 is 0 Å². The fourth-order valence-electron chi connectivity index (χ4n) is 2.95. The minimum atomic E-state index is -0.681. The largest absolute Gasteiger partial charge is 0.338 e. The molecule has 0 unspecified atom stereocenters. The molecule has 0 aliphatic carbocycles. The van der Waals surface area contributed by atoms with E-state index in [0.717, 1.165) is 5.56 Å². The Bertz CT molecular complexity index is 695. The normalized spacial score (nSPS) is 15.5. The number of piperazine rings is 1. The van der Waals surface area contributed by atoms with E-state index < -0.39 is 5.41 Å². The summed E-state index contributed by atoms with van der Waals surface area (Å²) >= 11 is 0. The zero-order chi connectivity index (χ0) is 17.2. The number of nitrogens with zero attached hydrogens (tertiary/aromatic N) is 4. The van der Waals surface area contributed by atoms with Gasteiger partial charge in [-0.15, -0.1) is 0 Å². The zero-order valence-electron chi connectivity index (χ0n) is 13.9. The summed E-state index contributed by atoms with van der Waals surface area (Å²) < 4.78 is 13.1. The van der Waals surface area contributed by atoms with Crippen LogP contribution in [-0.2, 0) is 10.2 Å². The van der Waals surface area contributed by atoms with Gasteiger partial charge in [0.25, 0.3) is 0 Å². The van der Waals surface area contributed by atoms with Crippen molar-refractivity contribution in [2.45, 2.75) is 19.3 Å². The van der Waals surface area contributed by atoms with Crippen molar-refractivity contribution in [1.82, 2.24) is 14.9 Å². The van der Waals surface area contributed by atoms with Crippen molar-refractivity contribution < 1.29 is 9.18 Å². The molecule has 0 saturated carbocycles. The lowest BCUT2D eigenvalue weighted by Gasteiger charge is -2.38. The van der Waals surface area contributed by atoms with E-state index in [1.165, 1.54) is 12.1 Å². The van der Waals surface area contributed by atoms with E-state index in [-0.39, 0.29) is 11.7 Å². The molecule has 1 aromatic carbocycles. The van der Waals surface area contributed by atoms with Crippen LogP contribution in [0.15, 0.2) is 42.7 Å². The molecule has 2 aromatic rings. The number of amides is 1. The quantitative estimate of drug-likeness (QED) is 0.867. The van der Waals surface area contributed by atoms with E-state index in [1.54, 1.807) is 30.6 Å². The second-order valence-corrected chi connectivity index (χ2v) is 6.46. The van der Waals surface area contributed by atoms with E-state index in [1.807, 2.05) is 18.7 Å². The molecule has 1 aromatic heterocycles. The maximum Gasteiger partial charge on any atom is 0.232 e. The van der Waals surface area contributed by atoms with Crippen LogP contribution in [-0.4, -0.2) is 47.0 Å². The van der Waals surface area contributed by atoms with Crippen LogP contribution in [0.2, 0.25) is 0 Å². The summed E-state index contributed by atoms with van der Waals surface area (Å²) in [6, 6.07) is 7.95. The van der Waals surface area contributed by atoms with Crippen LogP contribution in [0.3, 0.4) is 0 Å². The number of aromatic nitrogens is 2. The topological polar surface area (TPSA) is 49.3 Å². The number of hydrogen-bond acceptors (Lipinski definition) is 4. The van der Waals surface area contributed by atoms with Gasteiger partial charge in [-0.05, 0) is 37.6 Å². The molecule has 0 bridgehead atoms. The fourth-order valence-corrected chi connectivity index (χ4v) is 2.95. The molecule has 1 aliphatic heterocycles. The minimum absolute atomic E-state index is 0.0581. The summed E-state index contributed by atoms with van der Waals surface area (Å²) in [6.45, 7) is 6.43. The molecule has 6 heteroatoms. The third kappa shape index (κ3) is 3.22. The van der Waals surface area contributed by atoms with Gasteiger partial charge < -0.3 is 9.80 Å². The molecular formula is C18H21FN4O. The molecule has 1 fully saturated rings. The Morgan fingerprint density at radius 1 is 1.04 bits per heavy atom. The summed E-state index contributed by atoms with van der Waals surface area (Å²) in [5.74, 6) is 0.462. The highest BCUT2D eigenvalue weighted by atomic mass is 19.1. The van der Waals surface area contributed by atoms with Gasteiger partial charge in [-0.3, -0.25) is 4.79 Å². The molecule has 0 atom stereocenters. The van der Waals surface area contributed by atoms with Crippen LogP contribution in [0.1, 0.15) is 19.4 Å². The highest BCUT2D eigenvalue weighted by Gasteiger charge is 2.35. The van der Waals surface area contributed by atoms with Crippen LogP contribution < -0.4 is 4.90 Å². The minimum Gasteiger partial charge on any atom is -0.338 e. The summed E-state index contributed by atoms with van der Waals surface area (Å²) in [4.78, 5) is 25.4. The van der Waals surface area contributed by atoms with E-state index in [0.29, 0.717) is 32.1 Å². The Morgan fingerprint density at radius 2 is 1.62 bits per heavy atom. The van der Waals surface area contributed by atoms with E-state index in [9.17, 15) is 9.18 Å². The number of carbonyl (C=O) groups is 1. The van der Waals surface area contributed by atoms with Crippen LogP contribution in [0.5, 0.6) is 0 Å². The van der Waals surface area contributed by atoms with Gasteiger partial charge in [0.1, 0.15) is 5.82 Å². The first-order valence-corrected chi connectivity index (χ1v) is 8.06. The predicted molar refractivity (Wildman–Crippen MR) is 90.3 cm³/mol. The number of hydrogen-bond donors (Lipinski definition) is 0. The summed E-state index contributed by atoms with van der Waals surface area (Å²) in [5, 5.41) is 0. The van der Waals surface area contributed by atoms with Crippen LogP contribution in [0, 0.1) is 5.82 Å². The van der Waals surface area contributed by atoms with Crippen LogP contribution >= 0.6 is 0 Å². The lowest BCUT2D eigenvalue weighted by Crippen LogP contribution is -2.53. The zero-order valence-corrected chi connectivity index (χ0v) is 13.9. The van der Waals surface area contributed by atoms with Gasteiger partial charge in [-0.2, -0.15) is 0 Å². The van der Waals surface area contributed by atoms with Gasteiger partial charge in [0.15, 0.2) is 0 Å². The maximum absolute atomic E-state index is 13.1. The Kier molecular flexibility index (Phi) is 4.46. The summed E-state index contributed by atoms with van der Waals surface area (Å²) in [7, 11) is 0. The van der Waals surface area contributed by atoms with Gasteiger partial charge in [0.2, 0.25) is 11.9 Å². The summed E-state index contributed by atoms with van der Waals surface area (Å²) in [6.07, 6.45) is 3.44. The van der Waals surface area contributed by atoms with Gasteiger partial charge in [-0.25, -0.2) is 14.4 Å². The lowest BCUT2D eigenvalue weighted by atomic mass is 9.83. The van der Waals surface area contributed by atoms with Gasteiger partial charge in [-0.1, -0.05) is 12.1 Å². The van der Waals surface area contributed by atoms with E-state index in [2.05, 4.69) is 14.9 Å². The third-order valence-corrected chi connectivity index (χ3v) is 4.50. The molecule has 2 heterocycles. The molecular weight excluding hydrogens is 307 g/mol. The first-order valence-electron chi connectivity index (χ1n) is 8.06. The Morgan fingerprint density at radius 3 is 2.21 bits per heavy atom. The van der Waals surface area contributed by atoms with Crippen molar-refractivity contribution in [3.05, 3.63) is 54.1 Å². The third-order valence-electron chi connectivity index (χ3n) is 4.50. The lowest BCUT2D eigenvalue weighted by molar-refractivity contribution is -0.136. The fraction of sp³-hybridized carbons (Fsp3) is 0.389. The first-order chi connectivity index (χ1) is 11.5. The second kappa shape index (κ2) is 6.55. The number of halogens is 1. The van der Waals surface area contributed by atoms with E-state index in [4.69, 9.17) is 0 Å². The van der Waals surface area contributed by atoms with Crippen molar-refractivity contribution in [3.63, 3.8) is 0 Å². The molecule has 1 aliphatic rings. The molecule has 126 valence electrons. The van der Waals surface area contributed by atoms with Crippen molar-refractivity contribution in [2.75, 3.05) is 31.1 Å². The van der Waals surface area contributed by atoms with Crippen LogP contribution in [0.4, 0.5) is 10.3 Å². The van der Waals surface area contributed by atoms with Gasteiger partial charge in [0, 0.05) is 38.6 Å². The predicted octanol–water partition coefficient (Wildman–Crippen LogP) is 2.24. The first kappa shape index (κ1) is 16.4. The molecule has 1 saturated heterocycles. The number of carbonyl (C=O) groups excluding carboxylic acids is 1. The molecule has 1 amide bonds. The molecule has 0 N–H and O–H groups in total. The summed E-state index contributed by atoms with van der Waals surface area (Å²) in [5.41, 5.74) is 0.141.